The van der Waals surface area contributed by atoms with Gasteiger partial charge in [0.25, 0.3) is 0 Å². The van der Waals surface area contributed by atoms with Crippen LogP contribution in [0.25, 0.3) is 0 Å². The molecule has 1 aromatic carbocycles. The molecule has 1 fully saturated rings. The zero-order valence-electron chi connectivity index (χ0n) is 11.0. The Hall–Kier alpha value is -2.08. The molecule has 3 N–H and O–H groups in total. The Kier molecular flexibility index (Phi) is 4.57. The van der Waals surface area contributed by atoms with Crippen LogP contribution in [0.15, 0.2) is 30.3 Å². The molecule has 2 rings (SSSR count). The molecule has 0 saturated carbocycles. The van der Waals surface area contributed by atoms with Gasteiger partial charge in [0.2, 0.25) is 0 Å². The second-order valence-electron chi connectivity index (χ2n) is 4.87. The fourth-order valence-corrected chi connectivity index (χ4v) is 2.37. The van der Waals surface area contributed by atoms with Crippen LogP contribution in [0.4, 0.5) is 4.79 Å². The molecule has 0 radical (unpaired) electrons. The van der Waals surface area contributed by atoms with Crippen LogP contribution in [0.1, 0.15) is 17.9 Å². The molecular weight excluding hydrogens is 260 g/mol. The third-order valence-corrected chi connectivity index (χ3v) is 3.52. The van der Waals surface area contributed by atoms with Crippen LogP contribution in [0.2, 0.25) is 0 Å². The lowest BCUT2D eigenvalue weighted by Crippen LogP contribution is -2.48. The van der Waals surface area contributed by atoms with Crippen LogP contribution in [0.5, 0.6) is 0 Å². The SMILES string of the molecule is O=C(O)[C@@H](CO)NC(=O)N1CCC(c2ccccc2)C1. The minimum Gasteiger partial charge on any atom is -0.480 e. The third-order valence-electron chi connectivity index (χ3n) is 3.52. The Morgan fingerprint density at radius 3 is 2.65 bits per heavy atom. The number of carboxylic acids is 1. The lowest BCUT2D eigenvalue weighted by molar-refractivity contribution is -0.140. The number of hydrogen-bond donors (Lipinski definition) is 3. The Labute approximate surface area is 117 Å². The van der Waals surface area contributed by atoms with E-state index < -0.39 is 24.6 Å². The number of carboxylic acid groups (broad SMARTS) is 1. The van der Waals surface area contributed by atoms with Crippen LogP contribution in [-0.2, 0) is 4.79 Å². The molecule has 1 aromatic rings. The molecule has 6 heteroatoms. The van der Waals surface area contributed by atoms with Gasteiger partial charge in [-0.3, -0.25) is 0 Å². The number of aliphatic hydroxyl groups is 1. The number of hydrogen-bond acceptors (Lipinski definition) is 3. The van der Waals surface area contributed by atoms with Crippen molar-refractivity contribution in [1.29, 1.82) is 0 Å². The molecule has 0 bridgehead atoms. The van der Waals surface area contributed by atoms with Gasteiger partial charge in [0.15, 0.2) is 6.04 Å². The molecule has 1 heterocycles. The van der Waals surface area contributed by atoms with Crippen molar-refractivity contribution in [3.8, 4) is 0 Å². The first-order valence-electron chi connectivity index (χ1n) is 6.56. The predicted octanol–water partition coefficient (Wildman–Crippen LogP) is 0.631. The number of aliphatic carboxylic acids is 1. The van der Waals surface area contributed by atoms with E-state index in [0.717, 1.165) is 6.42 Å². The second-order valence-corrected chi connectivity index (χ2v) is 4.87. The maximum atomic E-state index is 11.9. The van der Waals surface area contributed by atoms with E-state index in [-0.39, 0.29) is 5.92 Å². The van der Waals surface area contributed by atoms with E-state index in [2.05, 4.69) is 5.32 Å². The summed E-state index contributed by atoms with van der Waals surface area (Å²) in [4.78, 5) is 24.3. The molecule has 1 aliphatic heterocycles. The molecule has 1 unspecified atom stereocenters. The number of rotatable bonds is 4. The van der Waals surface area contributed by atoms with Gasteiger partial charge in [-0.05, 0) is 12.0 Å². The van der Waals surface area contributed by atoms with E-state index in [1.54, 1.807) is 4.90 Å². The van der Waals surface area contributed by atoms with Crippen LogP contribution in [-0.4, -0.2) is 52.9 Å². The summed E-state index contributed by atoms with van der Waals surface area (Å²) in [6, 6.07) is 8.23. The van der Waals surface area contributed by atoms with Crippen molar-refractivity contribution in [3.05, 3.63) is 35.9 Å². The van der Waals surface area contributed by atoms with Crippen molar-refractivity contribution in [2.24, 2.45) is 0 Å². The van der Waals surface area contributed by atoms with Crippen molar-refractivity contribution in [2.45, 2.75) is 18.4 Å². The minimum atomic E-state index is -1.25. The number of carbonyl (C=O) groups excluding carboxylic acids is 1. The van der Waals surface area contributed by atoms with Crippen LogP contribution in [0.3, 0.4) is 0 Å². The van der Waals surface area contributed by atoms with Crippen molar-refractivity contribution in [2.75, 3.05) is 19.7 Å². The number of aliphatic hydroxyl groups excluding tert-OH is 1. The monoisotopic (exact) mass is 278 g/mol. The number of likely N-dealkylation sites (tertiary alicyclic amines) is 1. The number of benzene rings is 1. The zero-order chi connectivity index (χ0) is 14.5. The van der Waals surface area contributed by atoms with Crippen molar-refractivity contribution in [3.63, 3.8) is 0 Å². The van der Waals surface area contributed by atoms with E-state index in [1.165, 1.54) is 5.56 Å². The summed E-state index contributed by atoms with van der Waals surface area (Å²) < 4.78 is 0. The summed E-state index contributed by atoms with van der Waals surface area (Å²) in [5.74, 6) is -0.959. The maximum Gasteiger partial charge on any atom is 0.328 e. The van der Waals surface area contributed by atoms with Gasteiger partial charge in [-0.1, -0.05) is 30.3 Å². The summed E-state index contributed by atoms with van der Waals surface area (Å²) >= 11 is 0. The van der Waals surface area contributed by atoms with Gasteiger partial charge in [0.05, 0.1) is 6.61 Å². The van der Waals surface area contributed by atoms with Gasteiger partial charge < -0.3 is 20.4 Å². The van der Waals surface area contributed by atoms with E-state index in [0.29, 0.717) is 13.1 Å². The molecule has 0 aliphatic carbocycles. The van der Waals surface area contributed by atoms with Crippen LogP contribution < -0.4 is 5.32 Å². The number of nitrogens with zero attached hydrogens (tertiary/aromatic N) is 1. The molecular formula is C14H18N2O4. The average Bonchev–Trinajstić information content (AvgIpc) is 2.95. The number of urea groups is 1. The van der Waals surface area contributed by atoms with E-state index in [9.17, 15) is 9.59 Å². The predicted molar refractivity (Wildman–Crippen MR) is 72.4 cm³/mol. The lowest BCUT2D eigenvalue weighted by atomic mass is 9.99. The fraction of sp³-hybridized carbons (Fsp3) is 0.429. The number of nitrogens with one attached hydrogen (secondary N) is 1. The number of carbonyl (C=O) groups is 2. The molecule has 1 saturated heterocycles. The normalized spacial score (nSPS) is 19.6. The first-order valence-corrected chi connectivity index (χ1v) is 6.56. The summed E-state index contributed by atoms with van der Waals surface area (Å²) in [7, 11) is 0. The van der Waals surface area contributed by atoms with Gasteiger partial charge in [0.1, 0.15) is 0 Å². The van der Waals surface area contributed by atoms with Crippen molar-refractivity contribution < 1.29 is 19.8 Å². The van der Waals surface area contributed by atoms with Gasteiger partial charge in [-0.2, -0.15) is 0 Å². The van der Waals surface area contributed by atoms with Gasteiger partial charge in [0, 0.05) is 19.0 Å². The molecule has 108 valence electrons. The molecule has 2 amide bonds. The van der Waals surface area contributed by atoms with Crippen LogP contribution in [0, 0.1) is 0 Å². The van der Waals surface area contributed by atoms with E-state index in [1.807, 2.05) is 30.3 Å². The van der Waals surface area contributed by atoms with E-state index >= 15 is 0 Å². The molecule has 0 aromatic heterocycles. The summed E-state index contributed by atoms with van der Waals surface area (Å²) in [6.45, 7) is 0.536. The lowest BCUT2D eigenvalue weighted by Gasteiger charge is -2.20. The highest BCUT2D eigenvalue weighted by molar-refractivity contribution is 5.82. The number of amides is 2. The molecule has 0 spiro atoms. The molecule has 6 nitrogen and oxygen atoms in total. The summed E-state index contributed by atoms with van der Waals surface area (Å²) in [5, 5.41) is 20.0. The highest BCUT2D eigenvalue weighted by Gasteiger charge is 2.29. The van der Waals surface area contributed by atoms with Gasteiger partial charge in [-0.15, -0.1) is 0 Å². The molecule has 2 atom stereocenters. The standard InChI is InChI=1S/C14H18N2O4/c17-9-12(13(18)19)15-14(20)16-7-6-11(8-16)10-4-2-1-3-5-10/h1-5,11-12,17H,6-9H2,(H,15,20)(H,18,19)/t11?,12-/m1/s1. The Bertz CT molecular complexity index is 477. The highest BCUT2D eigenvalue weighted by Crippen LogP contribution is 2.26. The summed E-state index contributed by atoms with van der Waals surface area (Å²) in [6.07, 6.45) is 0.855. The van der Waals surface area contributed by atoms with E-state index in [4.69, 9.17) is 10.2 Å². The van der Waals surface area contributed by atoms with Gasteiger partial charge >= 0.3 is 12.0 Å². The Morgan fingerprint density at radius 1 is 1.35 bits per heavy atom. The topological polar surface area (TPSA) is 89.9 Å². The largest absolute Gasteiger partial charge is 0.480 e. The minimum absolute atomic E-state index is 0.277. The molecule has 1 aliphatic rings. The average molecular weight is 278 g/mol. The van der Waals surface area contributed by atoms with Crippen molar-refractivity contribution in [1.82, 2.24) is 10.2 Å². The highest BCUT2D eigenvalue weighted by atomic mass is 16.4. The van der Waals surface area contributed by atoms with Crippen molar-refractivity contribution >= 4 is 12.0 Å². The van der Waals surface area contributed by atoms with Gasteiger partial charge in [-0.25, -0.2) is 9.59 Å². The fourth-order valence-electron chi connectivity index (χ4n) is 2.37. The van der Waals surface area contributed by atoms with Crippen LogP contribution >= 0.6 is 0 Å². The Balaban J connectivity index is 1.92. The Morgan fingerprint density at radius 2 is 2.05 bits per heavy atom. The summed E-state index contributed by atoms with van der Waals surface area (Å²) in [5.41, 5.74) is 1.18. The quantitative estimate of drug-likeness (QED) is 0.753. The first-order chi connectivity index (χ1) is 9.61. The second kappa shape index (κ2) is 6.38. The zero-order valence-corrected chi connectivity index (χ0v) is 11.0. The third kappa shape index (κ3) is 3.27. The molecule has 20 heavy (non-hydrogen) atoms. The smallest absolute Gasteiger partial charge is 0.328 e. The first kappa shape index (κ1) is 14.3. The maximum absolute atomic E-state index is 11.9.